The zero-order chi connectivity index (χ0) is 22.0. The van der Waals surface area contributed by atoms with E-state index in [2.05, 4.69) is 10.4 Å². The summed E-state index contributed by atoms with van der Waals surface area (Å²) in [6, 6.07) is 11.4. The van der Waals surface area contributed by atoms with Crippen LogP contribution in [0.2, 0.25) is 10.0 Å². The molecule has 0 radical (unpaired) electrons. The maximum Gasteiger partial charge on any atom is 0.293 e. The predicted octanol–water partition coefficient (Wildman–Crippen LogP) is 5.00. The molecule has 3 aromatic rings. The third kappa shape index (κ3) is 4.65. The van der Waals surface area contributed by atoms with Crippen LogP contribution < -0.4 is 10.2 Å². The van der Waals surface area contributed by atoms with Crippen molar-refractivity contribution in [3.8, 4) is 0 Å². The molecule has 0 atom stereocenters. The largest absolute Gasteiger partial charge is 0.366 e. The summed E-state index contributed by atoms with van der Waals surface area (Å²) in [5.41, 5.74) is 1.46. The SMILES string of the molecule is O=C(Nc1ccnn1Cc1ccc(Cl)cc1Cl)c1ccc(N2CCCC2)c([N+](=O)[O-])c1. The van der Waals surface area contributed by atoms with Crippen LogP contribution in [0.5, 0.6) is 0 Å². The van der Waals surface area contributed by atoms with Gasteiger partial charge in [0.1, 0.15) is 11.5 Å². The Morgan fingerprint density at radius 1 is 1.13 bits per heavy atom. The maximum atomic E-state index is 12.8. The molecule has 1 saturated heterocycles. The highest BCUT2D eigenvalue weighted by molar-refractivity contribution is 6.35. The average molecular weight is 460 g/mol. The number of nitrogens with zero attached hydrogens (tertiary/aromatic N) is 4. The van der Waals surface area contributed by atoms with Crippen LogP contribution in [-0.4, -0.2) is 33.7 Å². The fourth-order valence-corrected chi connectivity index (χ4v) is 4.07. The second-order valence-electron chi connectivity index (χ2n) is 7.22. The number of halogens is 2. The van der Waals surface area contributed by atoms with Crippen molar-refractivity contribution < 1.29 is 9.72 Å². The number of amides is 1. The van der Waals surface area contributed by atoms with Gasteiger partial charge < -0.3 is 10.2 Å². The molecule has 8 nitrogen and oxygen atoms in total. The lowest BCUT2D eigenvalue weighted by Gasteiger charge is -2.18. The van der Waals surface area contributed by atoms with Gasteiger partial charge in [0.05, 0.1) is 17.7 Å². The topological polar surface area (TPSA) is 93.3 Å². The fourth-order valence-electron chi connectivity index (χ4n) is 3.60. The van der Waals surface area contributed by atoms with Crippen molar-refractivity contribution in [2.24, 2.45) is 0 Å². The van der Waals surface area contributed by atoms with E-state index in [0.29, 0.717) is 28.1 Å². The molecule has 0 bridgehead atoms. The molecule has 1 aliphatic heterocycles. The lowest BCUT2D eigenvalue weighted by molar-refractivity contribution is -0.384. The summed E-state index contributed by atoms with van der Waals surface area (Å²) < 4.78 is 1.58. The summed E-state index contributed by atoms with van der Waals surface area (Å²) in [5.74, 6) is -0.0117. The first-order chi connectivity index (χ1) is 14.9. The van der Waals surface area contributed by atoms with Crippen LogP contribution in [0.1, 0.15) is 28.8 Å². The van der Waals surface area contributed by atoms with Crippen molar-refractivity contribution in [1.82, 2.24) is 9.78 Å². The standard InChI is InChI=1S/C21H19Cl2N5O3/c22-16-5-3-15(17(23)12-16)13-27-20(7-8-24-27)25-21(29)14-4-6-18(19(11-14)28(30)31)26-9-1-2-10-26/h3-8,11-12H,1-2,9-10,13H2,(H,25,29). The molecule has 1 fully saturated rings. The molecule has 4 rings (SSSR count). The van der Waals surface area contributed by atoms with E-state index in [4.69, 9.17) is 23.2 Å². The van der Waals surface area contributed by atoms with E-state index < -0.39 is 10.8 Å². The van der Waals surface area contributed by atoms with Gasteiger partial charge >= 0.3 is 0 Å². The normalized spacial score (nSPS) is 13.4. The number of rotatable bonds is 6. The van der Waals surface area contributed by atoms with Gasteiger partial charge in [-0.25, -0.2) is 4.68 Å². The minimum Gasteiger partial charge on any atom is -0.366 e. The monoisotopic (exact) mass is 459 g/mol. The third-order valence-corrected chi connectivity index (χ3v) is 5.76. The quantitative estimate of drug-likeness (QED) is 0.413. The van der Waals surface area contributed by atoms with Crippen LogP contribution in [0.4, 0.5) is 17.2 Å². The summed E-state index contributed by atoms with van der Waals surface area (Å²) in [6.07, 6.45) is 3.56. The predicted molar refractivity (Wildman–Crippen MR) is 120 cm³/mol. The molecule has 1 N–H and O–H groups in total. The van der Waals surface area contributed by atoms with Crippen LogP contribution in [0.25, 0.3) is 0 Å². The number of anilines is 2. The Labute approximate surface area is 188 Å². The first-order valence-corrected chi connectivity index (χ1v) is 10.5. The number of aromatic nitrogens is 2. The van der Waals surface area contributed by atoms with Crippen molar-refractivity contribution in [3.05, 3.63) is 79.9 Å². The van der Waals surface area contributed by atoms with Crippen molar-refractivity contribution >= 4 is 46.3 Å². The second-order valence-corrected chi connectivity index (χ2v) is 8.06. The molecule has 160 valence electrons. The highest BCUT2D eigenvalue weighted by atomic mass is 35.5. The van der Waals surface area contributed by atoms with Crippen molar-refractivity contribution in [2.45, 2.75) is 19.4 Å². The Morgan fingerprint density at radius 2 is 1.90 bits per heavy atom. The molecule has 1 aliphatic rings. The van der Waals surface area contributed by atoms with Gasteiger partial charge in [0.15, 0.2) is 0 Å². The lowest BCUT2D eigenvalue weighted by Crippen LogP contribution is -2.20. The summed E-state index contributed by atoms with van der Waals surface area (Å²) in [6.45, 7) is 1.88. The average Bonchev–Trinajstić information content (AvgIpc) is 3.42. The Hall–Kier alpha value is -3.10. The molecule has 0 spiro atoms. The molecule has 0 unspecified atom stereocenters. The van der Waals surface area contributed by atoms with E-state index in [1.807, 2.05) is 4.90 Å². The molecule has 1 aromatic heterocycles. The van der Waals surface area contributed by atoms with Gasteiger partial charge in [-0.15, -0.1) is 0 Å². The van der Waals surface area contributed by atoms with Crippen molar-refractivity contribution in [1.29, 1.82) is 0 Å². The number of nitro groups is 1. The molecule has 1 amide bonds. The first-order valence-electron chi connectivity index (χ1n) is 9.73. The number of benzene rings is 2. The lowest BCUT2D eigenvalue weighted by atomic mass is 10.1. The maximum absolute atomic E-state index is 12.8. The second kappa shape index (κ2) is 8.95. The smallest absolute Gasteiger partial charge is 0.293 e. The molecule has 2 heterocycles. The van der Waals surface area contributed by atoms with Crippen LogP contribution in [0, 0.1) is 10.1 Å². The van der Waals surface area contributed by atoms with Gasteiger partial charge in [-0.05, 0) is 42.7 Å². The zero-order valence-corrected chi connectivity index (χ0v) is 17.9. The van der Waals surface area contributed by atoms with E-state index in [-0.39, 0.29) is 11.3 Å². The van der Waals surface area contributed by atoms with Crippen LogP contribution in [0.15, 0.2) is 48.7 Å². The molecule has 0 saturated carbocycles. The van der Waals surface area contributed by atoms with Gasteiger partial charge in [-0.1, -0.05) is 29.3 Å². The van der Waals surface area contributed by atoms with Crippen LogP contribution >= 0.6 is 23.2 Å². The number of nitrogens with one attached hydrogen (secondary N) is 1. The fraction of sp³-hybridized carbons (Fsp3) is 0.238. The number of carbonyl (C=O) groups is 1. The Kier molecular flexibility index (Phi) is 6.11. The van der Waals surface area contributed by atoms with Crippen LogP contribution in [0.3, 0.4) is 0 Å². The van der Waals surface area contributed by atoms with Gasteiger partial charge in [0.25, 0.3) is 11.6 Å². The highest BCUT2D eigenvalue weighted by Crippen LogP contribution is 2.32. The van der Waals surface area contributed by atoms with Gasteiger partial charge in [0.2, 0.25) is 0 Å². The number of carbonyl (C=O) groups excluding carboxylic acids is 1. The van der Waals surface area contributed by atoms with E-state index in [9.17, 15) is 14.9 Å². The number of nitro benzene ring substituents is 1. The minimum atomic E-state index is -0.458. The molecular formula is C21H19Cl2N5O3. The molecule has 31 heavy (non-hydrogen) atoms. The third-order valence-electron chi connectivity index (χ3n) is 5.17. The van der Waals surface area contributed by atoms with Gasteiger partial charge in [-0.3, -0.25) is 14.9 Å². The zero-order valence-electron chi connectivity index (χ0n) is 16.4. The Morgan fingerprint density at radius 3 is 2.61 bits per heavy atom. The Balaban J connectivity index is 1.54. The van der Waals surface area contributed by atoms with Crippen molar-refractivity contribution in [2.75, 3.05) is 23.3 Å². The summed E-state index contributed by atoms with van der Waals surface area (Å²) in [4.78, 5) is 25.9. The van der Waals surface area contributed by atoms with E-state index in [0.717, 1.165) is 31.5 Å². The molecule has 10 heteroatoms. The van der Waals surface area contributed by atoms with E-state index in [1.54, 1.807) is 47.3 Å². The minimum absolute atomic E-state index is 0.0731. The van der Waals surface area contributed by atoms with Gasteiger partial charge in [-0.2, -0.15) is 5.10 Å². The molecule has 2 aromatic carbocycles. The highest BCUT2D eigenvalue weighted by Gasteiger charge is 2.24. The number of hydrogen-bond donors (Lipinski definition) is 1. The summed E-state index contributed by atoms with van der Waals surface area (Å²) >= 11 is 12.2. The summed E-state index contributed by atoms with van der Waals surface area (Å²) in [5, 5.41) is 19.6. The van der Waals surface area contributed by atoms with Crippen molar-refractivity contribution in [3.63, 3.8) is 0 Å². The first kappa shape index (κ1) is 21.1. The Bertz CT molecular complexity index is 1140. The van der Waals surface area contributed by atoms with Crippen LogP contribution in [-0.2, 0) is 6.54 Å². The molecule has 0 aliphatic carbocycles. The number of hydrogen-bond acceptors (Lipinski definition) is 5. The summed E-state index contributed by atoms with van der Waals surface area (Å²) in [7, 11) is 0. The van der Waals surface area contributed by atoms with E-state index in [1.165, 1.54) is 6.07 Å². The van der Waals surface area contributed by atoms with E-state index >= 15 is 0 Å². The van der Waals surface area contributed by atoms with Gasteiger partial charge in [0, 0.05) is 40.8 Å². The molecular weight excluding hydrogens is 441 g/mol.